The highest BCUT2D eigenvalue weighted by atomic mass is 16.5. The molecule has 4 rings (SSSR count). The van der Waals surface area contributed by atoms with E-state index in [-0.39, 0.29) is 17.7 Å². The molecule has 9 heteroatoms. The summed E-state index contributed by atoms with van der Waals surface area (Å²) in [6, 6.07) is 14.5. The third-order valence-electron chi connectivity index (χ3n) is 5.89. The van der Waals surface area contributed by atoms with Crippen molar-refractivity contribution in [3.05, 3.63) is 82.7 Å². The number of pyridine rings is 1. The number of benzene rings is 2. The van der Waals surface area contributed by atoms with Crippen LogP contribution in [-0.2, 0) is 22.6 Å². The predicted molar refractivity (Wildman–Crippen MR) is 143 cm³/mol. The first-order valence-electron chi connectivity index (χ1n) is 12.0. The molecule has 0 fully saturated rings. The fourth-order valence-corrected chi connectivity index (χ4v) is 3.87. The van der Waals surface area contributed by atoms with Gasteiger partial charge in [-0.2, -0.15) is 0 Å². The first-order valence-corrected chi connectivity index (χ1v) is 12.0. The molecule has 0 spiro atoms. The molecule has 2 aromatic carbocycles. The van der Waals surface area contributed by atoms with Crippen molar-refractivity contribution in [2.24, 2.45) is 4.99 Å². The largest absolute Gasteiger partial charge is 0.497 e. The molecule has 1 amide bonds. The Hall–Kier alpha value is -4.66. The number of carbonyl (C=O) groups excluding carboxylic acids is 2. The minimum Gasteiger partial charge on any atom is -0.497 e. The third-order valence-corrected chi connectivity index (χ3v) is 5.89. The second kappa shape index (κ2) is 11.6. The highest BCUT2D eigenvalue weighted by Gasteiger charge is 2.18. The number of fused-ring (bicyclic) bond motifs is 1. The number of carbonyl (C=O) groups is 2. The first-order chi connectivity index (χ1) is 18.3. The van der Waals surface area contributed by atoms with Crippen LogP contribution in [0.3, 0.4) is 0 Å². The zero-order valence-corrected chi connectivity index (χ0v) is 22.0. The maximum absolute atomic E-state index is 13.6. The number of methoxy groups -OCH3 is 2. The number of aryl methyl sites for hydroxylation is 2. The molecule has 196 valence electrons. The van der Waals surface area contributed by atoms with Gasteiger partial charge in [-0.15, -0.1) is 0 Å². The van der Waals surface area contributed by atoms with Gasteiger partial charge in [0.15, 0.2) is 5.58 Å². The van der Waals surface area contributed by atoms with Gasteiger partial charge in [-0.1, -0.05) is 19.1 Å². The molecular formula is C29H29N3O6. The van der Waals surface area contributed by atoms with Crippen molar-refractivity contribution in [2.75, 3.05) is 19.5 Å². The lowest BCUT2D eigenvalue weighted by Crippen LogP contribution is -2.22. The van der Waals surface area contributed by atoms with Crippen molar-refractivity contribution in [3.63, 3.8) is 0 Å². The number of aromatic nitrogens is 1. The lowest BCUT2D eigenvalue weighted by molar-refractivity contribution is -0.142. The Morgan fingerprint density at radius 3 is 2.45 bits per heavy atom. The molecule has 0 unspecified atom stereocenters. The Bertz CT molecular complexity index is 1550. The molecule has 2 aromatic heterocycles. The molecular weight excluding hydrogens is 486 g/mol. The van der Waals surface area contributed by atoms with Gasteiger partial charge < -0.3 is 23.9 Å². The number of esters is 1. The van der Waals surface area contributed by atoms with E-state index in [1.165, 1.54) is 21.1 Å². The molecule has 1 N–H and O–H groups in total. The van der Waals surface area contributed by atoms with Gasteiger partial charge in [0, 0.05) is 48.0 Å². The van der Waals surface area contributed by atoms with Crippen LogP contribution in [-0.4, -0.2) is 31.1 Å². The zero-order chi connectivity index (χ0) is 27.2. The van der Waals surface area contributed by atoms with Crippen molar-refractivity contribution >= 4 is 34.2 Å². The van der Waals surface area contributed by atoms with Crippen LogP contribution in [0.4, 0.5) is 11.4 Å². The average molecular weight is 516 g/mol. The van der Waals surface area contributed by atoms with Crippen LogP contribution in [0.2, 0.25) is 0 Å². The van der Waals surface area contributed by atoms with Gasteiger partial charge in [0.1, 0.15) is 23.7 Å². The van der Waals surface area contributed by atoms with Crippen LogP contribution in [0, 0.1) is 6.92 Å². The van der Waals surface area contributed by atoms with E-state index in [9.17, 15) is 9.59 Å². The Kier molecular flexibility index (Phi) is 8.06. The second-order valence-corrected chi connectivity index (χ2v) is 8.55. The van der Waals surface area contributed by atoms with Crippen LogP contribution in [0.5, 0.6) is 11.5 Å². The van der Waals surface area contributed by atoms with E-state index in [0.717, 1.165) is 12.0 Å². The highest BCUT2D eigenvalue weighted by molar-refractivity contribution is 6.06. The van der Waals surface area contributed by atoms with Crippen molar-refractivity contribution in [1.82, 2.24) is 4.98 Å². The van der Waals surface area contributed by atoms with E-state index < -0.39 is 11.9 Å². The Morgan fingerprint density at radius 2 is 1.79 bits per heavy atom. The fraction of sp³-hybridized carbons (Fsp3) is 0.241. The van der Waals surface area contributed by atoms with E-state index in [1.807, 2.05) is 24.3 Å². The number of anilines is 1. The van der Waals surface area contributed by atoms with Crippen molar-refractivity contribution in [2.45, 2.75) is 33.8 Å². The molecule has 38 heavy (non-hydrogen) atoms. The van der Waals surface area contributed by atoms with Crippen LogP contribution >= 0.6 is 0 Å². The normalized spacial score (nSPS) is 11.3. The summed E-state index contributed by atoms with van der Waals surface area (Å²) >= 11 is 0. The van der Waals surface area contributed by atoms with Gasteiger partial charge in [0.25, 0.3) is 5.91 Å². The van der Waals surface area contributed by atoms with Gasteiger partial charge in [-0.25, -0.2) is 4.99 Å². The molecule has 0 aliphatic heterocycles. The molecule has 0 saturated carbocycles. The molecule has 2 heterocycles. The maximum atomic E-state index is 13.6. The summed E-state index contributed by atoms with van der Waals surface area (Å²) < 4.78 is 22.1. The molecule has 0 radical (unpaired) electrons. The minimum atomic E-state index is -0.454. The summed E-state index contributed by atoms with van der Waals surface area (Å²) in [5.74, 6) is 0.163. The van der Waals surface area contributed by atoms with Gasteiger partial charge in [0.2, 0.25) is 5.55 Å². The zero-order valence-electron chi connectivity index (χ0n) is 22.0. The number of rotatable bonds is 8. The van der Waals surface area contributed by atoms with Crippen molar-refractivity contribution in [1.29, 1.82) is 0 Å². The SMILES string of the molecule is CCc1cccc(N=c2oc3c(C)ncc(COC(C)=O)c3cc2C(=O)Nc2cc(OC)cc(OC)c2)c1. The van der Waals surface area contributed by atoms with Gasteiger partial charge in [0.05, 0.1) is 25.6 Å². The maximum Gasteiger partial charge on any atom is 0.302 e. The summed E-state index contributed by atoms with van der Waals surface area (Å²) in [6.45, 7) is 5.17. The fourth-order valence-electron chi connectivity index (χ4n) is 3.87. The van der Waals surface area contributed by atoms with E-state index in [2.05, 4.69) is 22.2 Å². The summed E-state index contributed by atoms with van der Waals surface area (Å²) in [7, 11) is 3.07. The van der Waals surface area contributed by atoms with E-state index in [4.69, 9.17) is 18.6 Å². The van der Waals surface area contributed by atoms with Crippen LogP contribution in [0.15, 0.2) is 64.1 Å². The van der Waals surface area contributed by atoms with Crippen LogP contribution < -0.4 is 20.3 Å². The quantitative estimate of drug-likeness (QED) is 0.318. The summed E-state index contributed by atoms with van der Waals surface area (Å²) in [5, 5.41) is 3.48. The van der Waals surface area contributed by atoms with E-state index in [0.29, 0.717) is 45.1 Å². The lowest BCUT2D eigenvalue weighted by Gasteiger charge is -2.12. The highest BCUT2D eigenvalue weighted by Crippen LogP contribution is 2.27. The van der Waals surface area contributed by atoms with Gasteiger partial charge >= 0.3 is 5.97 Å². The minimum absolute atomic E-state index is 0.0161. The second-order valence-electron chi connectivity index (χ2n) is 8.55. The Labute approximate surface area is 220 Å². The molecule has 0 aliphatic carbocycles. The summed E-state index contributed by atoms with van der Waals surface area (Å²) in [6.07, 6.45) is 2.44. The molecule has 0 saturated heterocycles. The number of nitrogens with zero attached hydrogens (tertiary/aromatic N) is 2. The summed E-state index contributed by atoms with van der Waals surface area (Å²) in [5.41, 5.74) is 4.17. The number of hydrogen-bond acceptors (Lipinski definition) is 8. The topological polar surface area (TPSA) is 112 Å². The smallest absolute Gasteiger partial charge is 0.302 e. The molecule has 0 atom stereocenters. The Morgan fingerprint density at radius 1 is 1.05 bits per heavy atom. The number of ether oxygens (including phenoxy) is 3. The van der Waals surface area contributed by atoms with Gasteiger partial charge in [-0.3, -0.25) is 14.6 Å². The van der Waals surface area contributed by atoms with Crippen molar-refractivity contribution in [3.8, 4) is 11.5 Å². The van der Waals surface area contributed by atoms with Crippen LogP contribution in [0.1, 0.15) is 41.0 Å². The monoisotopic (exact) mass is 515 g/mol. The Balaban J connectivity index is 1.90. The predicted octanol–water partition coefficient (Wildman–Crippen LogP) is 5.26. The standard InChI is InChI=1S/C29H29N3O6/c1-6-19-8-7-9-21(10-19)32-29-26(28(34)31-22-11-23(35-4)13-24(12-22)36-5)14-25-20(16-37-18(3)33)15-30-17(2)27(25)38-29/h7-15H,6,16H2,1-5H3,(H,31,34). The first kappa shape index (κ1) is 26.4. The van der Waals surface area contributed by atoms with E-state index >= 15 is 0 Å². The number of amides is 1. The summed E-state index contributed by atoms with van der Waals surface area (Å²) in [4.78, 5) is 34.2. The van der Waals surface area contributed by atoms with Gasteiger partial charge in [-0.05, 0) is 37.1 Å². The van der Waals surface area contributed by atoms with Crippen LogP contribution in [0.25, 0.3) is 11.0 Å². The van der Waals surface area contributed by atoms with E-state index in [1.54, 1.807) is 37.4 Å². The molecule has 0 bridgehead atoms. The average Bonchev–Trinajstić information content (AvgIpc) is 2.92. The third kappa shape index (κ3) is 6.00. The van der Waals surface area contributed by atoms with Crippen molar-refractivity contribution < 1.29 is 28.2 Å². The molecule has 0 aliphatic rings. The number of nitrogens with one attached hydrogen (secondary N) is 1. The molecule has 4 aromatic rings. The number of hydrogen-bond donors (Lipinski definition) is 1. The lowest BCUT2D eigenvalue weighted by atomic mass is 10.1. The molecule has 9 nitrogen and oxygen atoms in total.